The van der Waals surface area contributed by atoms with Crippen LogP contribution in [0.15, 0.2) is 11.1 Å². The molecule has 0 aromatic rings. The van der Waals surface area contributed by atoms with E-state index in [4.69, 9.17) is 5.26 Å². The van der Waals surface area contributed by atoms with Crippen molar-refractivity contribution >= 4 is 9.84 Å². The molecule has 0 aromatic heterocycles. The highest BCUT2D eigenvalue weighted by atomic mass is 32.2. The summed E-state index contributed by atoms with van der Waals surface area (Å²) in [5.74, 6) is -1.35. The van der Waals surface area contributed by atoms with Gasteiger partial charge >= 0.3 is 6.18 Å². The van der Waals surface area contributed by atoms with Crippen LogP contribution < -0.4 is 0 Å². The minimum Gasteiger partial charge on any atom is -0.376 e. The molecule has 1 heterocycles. The Hall–Kier alpha value is -1.23. The lowest BCUT2D eigenvalue weighted by molar-refractivity contribution is -0.183. The standard InChI is InChI=1S/C12H17F3N2O2S/c1-9(2)20(18,19)11(7-16)8-17-5-3-10(4-6-17)12(13,14)15/h8-10H,3-6H2,1-2H3. The second-order valence-electron chi connectivity index (χ2n) is 5.05. The number of piperidine rings is 1. The zero-order valence-electron chi connectivity index (χ0n) is 11.3. The van der Waals surface area contributed by atoms with Crippen LogP contribution in [-0.2, 0) is 9.84 Å². The predicted octanol–water partition coefficient (Wildman–Crippen LogP) is 2.45. The Balaban J connectivity index is 2.80. The highest BCUT2D eigenvalue weighted by molar-refractivity contribution is 7.96. The molecule has 0 saturated carbocycles. The Labute approximate surface area is 116 Å². The molecule has 0 unspecified atom stereocenters. The number of hydrogen-bond acceptors (Lipinski definition) is 4. The van der Waals surface area contributed by atoms with E-state index in [1.807, 2.05) is 0 Å². The minimum atomic E-state index is -4.21. The van der Waals surface area contributed by atoms with E-state index in [1.165, 1.54) is 24.9 Å². The smallest absolute Gasteiger partial charge is 0.376 e. The third-order valence-electron chi connectivity index (χ3n) is 3.33. The van der Waals surface area contributed by atoms with Gasteiger partial charge < -0.3 is 4.90 Å². The maximum absolute atomic E-state index is 12.5. The summed E-state index contributed by atoms with van der Waals surface area (Å²) in [6, 6.07) is 1.62. The van der Waals surface area contributed by atoms with Crippen LogP contribution in [0.4, 0.5) is 13.2 Å². The number of allylic oxidation sites excluding steroid dienone is 1. The molecular weight excluding hydrogens is 293 g/mol. The van der Waals surface area contributed by atoms with Crippen molar-refractivity contribution in [2.45, 2.75) is 38.1 Å². The molecule has 0 aliphatic carbocycles. The van der Waals surface area contributed by atoms with Gasteiger partial charge in [0.05, 0.1) is 11.2 Å². The molecule has 1 aliphatic rings. The Bertz CT molecular complexity index is 510. The first-order valence-corrected chi connectivity index (χ1v) is 7.80. The second-order valence-corrected chi connectivity index (χ2v) is 7.52. The Morgan fingerprint density at radius 1 is 1.35 bits per heavy atom. The van der Waals surface area contributed by atoms with Crippen molar-refractivity contribution in [3.8, 4) is 6.07 Å². The third-order valence-corrected chi connectivity index (χ3v) is 5.38. The highest BCUT2D eigenvalue weighted by Crippen LogP contribution is 2.34. The molecular formula is C12H17F3N2O2S. The van der Waals surface area contributed by atoms with E-state index >= 15 is 0 Å². The van der Waals surface area contributed by atoms with Gasteiger partial charge in [-0.05, 0) is 26.7 Å². The number of rotatable bonds is 3. The largest absolute Gasteiger partial charge is 0.391 e. The van der Waals surface area contributed by atoms with Crippen LogP contribution in [0.5, 0.6) is 0 Å². The number of halogens is 3. The van der Waals surface area contributed by atoms with Crippen LogP contribution in [0.2, 0.25) is 0 Å². The predicted molar refractivity (Wildman–Crippen MR) is 68.1 cm³/mol. The first-order chi connectivity index (χ1) is 9.09. The summed E-state index contributed by atoms with van der Waals surface area (Å²) in [6.45, 7) is 3.11. The zero-order chi connectivity index (χ0) is 15.6. The van der Waals surface area contributed by atoms with Crippen LogP contribution in [-0.4, -0.2) is 37.8 Å². The third kappa shape index (κ3) is 3.88. The number of nitrogens with zero attached hydrogens (tertiary/aromatic N) is 2. The van der Waals surface area contributed by atoms with E-state index in [1.54, 1.807) is 6.07 Å². The fourth-order valence-corrected chi connectivity index (χ4v) is 2.87. The van der Waals surface area contributed by atoms with Gasteiger partial charge in [-0.1, -0.05) is 0 Å². The van der Waals surface area contributed by atoms with Gasteiger partial charge in [-0.25, -0.2) is 8.42 Å². The maximum atomic E-state index is 12.5. The summed E-state index contributed by atoms with van der Waals surface area (Å²) in [7, 11) is -3.69. The van der Waals surface area contributed by atoms with Gasteiger partial charge in [0, 0.05) is 19.3 Å². The van der Waals surface area contributed by atoms with Gasteiger partial charge in [-0.3, -0.25) is 0 Å². The topological polar surface area (TPSA) is 61.2 Å². The van der Waals surface area contributed by atoms with Crippen molar-refractivity contribution in [2.24, 2.45) is 5.92 Å². The quantitative estimate of drug-likeness (QED) is 0.751. The van der Waals surface area contributed by atoms with Crippen LogP contribution in [0.1, 0.15) is 26.7 Å². The Morgan fingerprint density at radius 3 is 2.20 bits per heavy atom. The van der Waals surface area contributed by atoms with Crippen molar-refractivity contribution in [1.82, 2.24) is 4.90 Å². The second kappa shape index (κ2) is 6.04. The Kier molecular flexibility index (Phi) is 5.08. The SMILES string of the molecule is CC(C)S(=O)(=O)C(C#N)=CN1CCC(C(F)(F)F)CC1. The molecule has 0 bridgehead atoms. The number of hydrogen-bond donors (Lipinski definition) is 0. The molecule has 4 nitrogen and oxygen atoms in total. The van der Waals surface area contributed by atoms with Gasteiger partial charge in [-0.15, -0.1) is 0 Å². The number of likely N-dealkylation sites (tertiary alicyclic amines) is 1. The summed E-state index contributed by atoms with van der Waals surface area (Å²) in [6.07, 6.45) is -3.21. The summed E-state index contributed by atoms with van der Waals surface area (Å²) in [5.41, 5.74) is 0. The lowest BCUT2D eigenvalue weighted by Gasteiger charge is -2.32. The maximum Gasteiger partial charge on any atom is 0.391 e. The average molecular weight is 310 g/mol. The monoisotopic (exact) mass is 310 g/mol. The summed E-state index contributed by atoms with van der Waals surface area (Å²) in [5, 5.41) is 8.18. The number of alkyl halides is 3. The van der Waals surface area contributed by atoms with Gasteiger partial charge in [0.25, 0.3) is 0 Å². The molecule has 1 fully saturated rings. The minimum absolute atomic E-state index is 0.0829. The van der Waals surface area contributed by atoms with Gasteiger partial charge in [0.2, 0.25) is 0 Å². The molecule has 20 heavy (non-hydrogen) atoms. The van der Waals surface area contributed by atoms with Crippen molar-refractivity contribution in [2.75, 3.05) is 13.1 Å². The van der Waals surface area contributed by atoms with Crippen molar-refractivity contribution in [3.63, 3.8) is 0 Å². The lowest BCUT2D eigenvalue weighted by atomic mass is 9.97. The van der Waals surface area contributed by atoms with Crippen molar-refractivity contribution in [1.29, 1.82) is 5.26 Å². The molecule has 1 saturated heterocycles. The molecule has 114 valence electrons. The van der Waals surface area contributed by atoms with E-state index in [9.17, 15) is 21.6 Å². The van der Waals surface area contributed by atoms with Gasteiger partial charge in [0.1, 0.15) is 6.07 Å². The molecule has 0 amide bonds. The molecule has 0 N–H and O–H groups in total. The summed E-state index contributed by atoms with van der Waals surface area (Å²) in [4.78, 5) is 1.08. The molecule has 1 aliphatic heterocycles. The zero-order valence-corrected chi connectivity index (χ0v) is 12.1. The van der Waals surface area contributed by atoms with Crippen LogP contribution in [0.3, 0.4) is 0 Å². The van der Waals surface area contributed by atoms with Crippen molar-refractivity contribution in [3.05, 3.63) is 11.1 Å². The molecule has 0 radical (unpaired) electrons. The molecule has 8 heteroatoms. The molecule has 0 spiro atoms. The lowest BCUT2D eigenvalue weighted by Crippen LogP contribution is -2.36. The molecule has 0 atom stereocenters. The van der Waals surface area contributed by atoms with Crippen LogP contribution >= 0.6 is 0 Å². The normalized spacial score (nSPS) is 19.2. The summed E-state index contributed by atoms with van der Waals surface area (Å²) < 4.78 is 61.3. The van der Waals surface area contributed by atoms with E-state index in [0.717, 1.165) is 0 Å². The van der Waals surface area contributed by atoms with Gasteiger partial charge in [0.15, 0.2) is 14.7 Å². The number of nitriles is 1. The van der Waals surface area contributed by atoms with E-state index < -0.39 is 32.1 Å². The highest BCUT2D eigenvalue weighted by Gasteiger charge is 2.40. The fourth-order valence-electron chi connectivity index (χ4n) is 1.94. The molecule has 0 aromatic carbocycles. The van der Waals surface area contributed by atoms with Crippen LogP contribution in [0, 0.1) is 17.2 Å². The number of sulfone groups is 1. The van der Waals surface area contributed by atoms with Crippen molar-refractivity contribution < 1.29 is 21.6 Å². The Morgan fingerprint density at radius 2 is 1.85 bits per heavy atom. The van der Waals surface area contributed by atoms with Gasteiger partial charge in [-0.2, -0.15) is 18.4 Å². The van der Waals surface area contributed by atoms with E-state index in [2.05, 4.69) is 0 Å². The first-order valence-electron chi connectivity index (χ1n) is 6.25. The van der Waals surface area contributed by atoms with E-state index in [0.29, 0.717) is 0 Å². The fraction of sp³-hybridized carbons (Fsp3) is 0.750. The molecule has 1 rings (SSSR count). The van der Waals surface area contributed by atoms with Crippen LogP contribution in [0.25, 0.3) is 0 Å². The average Bonchev–Trinajstić information content (AvgIpc) is 2.35. The summed E-state index contributed by atoms with van der Waals surface area (Å²) >= 11 is 0. The first kappa shape index (κ1) is 16.8. The van der Waals surface area contributed by atoms with E-state index in [-0.39, 0.29) is 25.9 Å².